The van der Waals surface area contributed by atoms with Crippen LogP contribution in [0.5, 0.6) is 0 Å². The van der Waals surface area contributed by atoms with Crippen LogP contribution in [-0.4, -0.2) is 21.9 Å². The summed E-state index contributed by atoms with van der Waals surface area (Å²) in [5, 5.41) is 8.99. The average Bonchev–Trinajstić information content (AvgIpc) is 2.74. The van der Waals surface area contributed by atoms with E-state index < -0.39 is 0 Å². The summed E-state index contributed by atoms with van der Waals surface area (Å²) in [5.74, 6) is -0.114. The van der Waals surface area contributed by atoms with E-state index in [-0.39, 0.29) is 18.4 Å². The number of rotatable bonds is 7. The Hall–Kier alpha value is -3.45. The van der Waals surface area contributed by atoms with Crippen LogP contribution in [0.3, 0.4) is 0 Å². The molecule has 29 heavy (non-hydrogen) atoms. The van der Waals surface area contributed by atoms with Crippen LogP contribution in [0.2, 0.25) is 5.02 Å². The lowest BCUT2D eigenvalue weighted by Gasteiger charge is -2.09. The van der Waals surface area contributed by atoms with Crippen LogP contribution in [0, 0.1) is 0 Å². The van der Waals surface area contributed by atoms with Crippen LogP contribution in [0.4, 0.5) is 10.5 Å². The number of carbonyl (C=O) groups is 2. The lowest BCUT2D eigenvalue weighted by molar-refractivity contribution is -0.120. The van der Waals surface area contributed by atoms with Crippen molar-refractivity contribution in [2.45, 2.75) is 19.5 Å². The molecule has 0 aliphatic rings. The van der Waals surface area contributed by atoms with Crippen LogP contribution in [0.25, 0.3) is 0 Å². The van der Waals surface area contributed by atoms with E-state index in [1.54, 1.807) is 55.0 Å². The minimum Gasteiger partial charge on any atom is -0.350 e. The number of nitrogens with zero attached hydrogens (tertiary/aromatic N) is 2. The van der Waals surface area contributed by atoms with E-state index in [2.05, 4.69) is 25.9 Å². The number of hydrogen-bond acceptors (Lipinski definition) is 4. The summed E-state index contributed by atoms with van der Waals surface area (Å²) in [7, 11) is 0. The Balaban J connectivity index is 1.42. The van der Waals surface area contributed by atoms with Gasteiger partial charge in [-0.2, -0.15) is 0 Å². The van der Waals surface area contributed by atoms with Gasteiger partial charge in [0.2, 0.25) is 5.91 Å². The van der Waals surface area contributed by atoms with Crippen molar-refractivity contribution < 1.29 is 9.59 Å². The normalized spacial score (nSPS) is 10.2. The molecule has 0 saturated carbocycles. The Morgan fingerprint density at radius 2 is 1.59 bits per heavy atom. The van der Waals surface area contributed by atoms with Crippen LogP contribution in [0.1, 0.15) is 16.8 Å². The Labute approximate surface area is 173 Å². The third kappa shape index (κ3) is 6.90. The first-order valence-electron chi connectivity index (χ1n) is 8.98. The standard InChI is InChI=1S/C21H20ClN5O2/c22-17-5-1-16(2-6-17)12-26-21(29)27-18-7-3-15(4-8-18)11-20(28)25-14-19-13-23-9-10-24-19/h1-10,13H,11-12,14H2,(H,25,28)(H2,26,27,29). The van der Waals surface area contributed by atoms with Crippen molar-refractivity contribution in [3.63, 3.8) is 0 Å². The number of amides is 3. The molecule has 0 radical (unpaired) electrons. The molecule has 2 aromatic carbocycles. The van der Waals surface area contributed by atoms with E-state index in [9.17, 15) is 9.59 Å². The van der Waals surface area contributed by atoms with Crippen molar-refractivity contribution in [2.75, 3.05) is 5.32 Å². The zero-order valence-electron chi connectivity index (χ0n) is 15.6. The fourth-order valence-corrected chi connectivity index (χ4v) is 2.65. The summed E-state index contributed by atoms with van der Waals surface area (Å²) in [4.78, 5) is 32.1. The largest absolute Gasteiger partial charge is 0.350 e. The van der Waals surface area contributed by atoms with Gasteiger partial charge < -0.3 is 16.0 Å². The minimum absolute atomic E-state index is 0.114. The second-order valence-electron chi connectivity index (χ2n) is 6.28. The van der Waals surface area contributed by atoms with E-state index in [1.807, 2.05) is 12.1 Å². The highest BCUT2D eigenvalue weighted by molar-refractivity contribution is 6.30. The molecular formula is C21H20ClN5O2. The summed E-state index contributed by atoms with van der Waals surface area (Å²) < 4.78 is 0. The topological polar surface area (TPSA) is 96.0 Å². The SMILES string of the molecule is O=C(Cc1ccc(NC(=O)NCc2ccc(Cl)cc2)cc1)NCc1cnccn1. The van der Waals surface area contributed by atoms with Gasteiger partial charge in [0.1, 0.15) is 0 Å². The second-order valence-corrected chi connectivity index (χ2v) is 6.72. The Morgan fingerprint density at radius 3 is 2.28 bits per heavy atom. The number of anilines is 1. The van der Waals surface area contributed by atoms with Gasteiger partial charge >= 0.3 is 6.03 Å². The lowest BCUT2D eigenvalue weighted by atomic mass is 10.1. The molecule has 148 valence electrons. The third-order valence-corrected chi connectivity index (χ3v) is 4.28. The molecule has 3 aromatic rings. The molecule has 8 heteroatoms. The summed E-state index contributed by atoms with van der Waals surface area (Å²) in [5.41, 5.74) is 3.13. The van der Waals surface area contributed by atoms with Crippen molar-refractivity contribution in [2.24, 2.45) is 0 Å². The molecule has 0 saturated heterocycles. The van der Waals surface area contributed by atoms with Crippen molar-refractivity contribution in [1.82, 2.24) is 20.6 Å². The Kier molecular flexibility index (Phi) is 7.13. The zero-order chi connectivity index (χ0) is 20.5. The van der Waals surface area contributed by atoms with E-state index in [0.29, 0.717) is 29.5 Å². The number of carbonyl (C=O) groups excluding carboxylic acids is 2. The summed E-state index contributed by atoms with van der Waals surface area (Å²) >= 11 is 5.84. The molecule has 0 unspecified atom stereocenters. The molecule has 0 aliphatic heterocycles. The highest BCUT2D eigenvalue weighted by atomic mass is 35.5. The monoisotopic (exact) mass is 409 g/mol. The summed E-state index contributed by atoms with van der Waals surface area (Å²) in [6.07, 6.45) is 5.01. The van der Waals surface area contributed by atoms with E-state index in [0.717, 1.165) is 11.1 Å². The van der Waals surface area contributed by atoms with Gasteiger partial charge in [0, 0.05) is 29.6 Å². The molecule has 0 bridgehead atoms. The van der Waals surface area contributed by atoms with Crippen LogP contribution in [0.15, 0.2) is 67.1 Å². The van der Waals surface area contributed by atoms with Gasteiger partial charge in [-0.25, -0.2) is 4.79 Å². The highest BCUT2D eigenvalue weighted by Gasteiger charge is 2.06. The van der Waals surface area contributed by atoms with Crippen molar-refractivity contribution in [1.29, 1.82) is 0 Å². The maximum atomic E-state index is 12.0. The first-order chi connectivity index (χ1) is 14.1. The molecule has 0 fully saturated rings. The number of nitrogens with one attached hydrogen (secondary N) is 3. The molecule has 3 rings (SSSR count). The summed E-state index contributed by atoms with van der Waals surface area (Å²) in [6.45, 7) is 0.729. The maximum absolute atomic E-state index is 12.0. The molecule has 1 aromatic heterocycles. The van der Waals surface area contributed by atoms with Crippen LogP contribution >= 0.6 is 11.6 Å². The summed E-state index contributed by atoms with van der Waals surface area (Å²) in [6, 6.07) is 14.1. The minimum atomic E-state index is -0.311. The lowest BCUT2D eigenvalue weighted by Crippen LogP contribution is -2.28. The van der Waals surface area contributed by atoms with E-state index >= 15 is 0 Å². The van der Waals surface area contributed by atoms with Crippen LogP contribution < -0.4 is 16.0 Å². The first kappa shape index (κ1) is 20.3. The van der Waals surface area contributed by atoms with Gasteiger partial charge in [-0.15, -0.1) is 0 Å². The number of urea groups is 1. The Bertz CT molecular complexity index is 947. The molecule has 3 amide bonds. The molecular weight excluding hydrogens is 390 g/mol. The van der Waals surface area contributed by atoms with Crippen molar-refractivity contribution in [3.8, 4) is 0 Å². The van der Waals surface area contributed by atoms with Gasteiger partial charge in [-0.05, 0) is 35.4 Å². The van der Waals surface area contributed by atoms with E-state index in [1.165, 1.54) is 0 Å². The van der Waals surface area contributed by atoms with Crippen LogP contribution in [-0.2, 0) is 24.3 Å². The van der Waals surface area contributed by atoms with Gasteiger partial charge in [0.25, 0.3) is 0 Å². The smallest absolute Gasteiger partial charge is 0.319 e. The number of aromatic nitrogens is 2. The third-order valence-electron chi connectivity index (χ3n) is 4.03. The zero-order valence-corrected chi connectivity index (χ0v) is 16.3. The molecule has 3 N–H and O–H groups in total. The molecule has 0 spiro atoms. The van der Waals surface area contributed by atoms with Gasteiger partial charge in [0.15, 0.2) is 0 Å². The average molecular weight is 410 g/mol. The quantitative estimate of drug-likeness (QED) is 0.557. The molecule has 7 nitrogen and oxygen atoms in total. The predicted octanol–water partition coefficient (Wildman–Crippen LogP) is 3.31. The number of halogens is 1. The number of hydrogen-bond donors (Lipinski definition) is 3. The fraction of sp³-hybridized carbons (Fsp3) is 0.143. The Morgan fingerprint density at radius 1 is 0.862 bits per heavy atom. The molecule has 1 heterocycles. The maximum Gasteiger partial charge on any atom is 0.319 e. The molecule has 0 aliphatic carbocycles. The molecule has 0 atom stereocenters. The fourth-order valence-electron chi connectivity index (χ4n) is 2.52. The number of benzene rings is 2. The van der Waals surface area contributed by atoms with Gasteiger partial charge in [-0.1, -0.05) is 35.9 Å². The van der Waals surface area contributed by atoms with Crippen molar-refractivity contribution >= 4 is 29.2 Å². The van der Waals surface area contributed by atoms with E-state index in [4.69, 9.17) is 11.6 Å². The van der Waals surface area contributed by atoms with Gasteiger partial charge in [0.05, 0.1) is 24.9 Å². The second kappa shape index (κ2) is 10.2. The van der Waals surface area contributed by atoms with Crippen molar-refractivity contribution in [3.05, 3.63) is 89.0 Å². The predicted molar refractivity (Wildman–Crippen MR) is 111 cm³/mol. The first-order valence-corrected chi connectivity index (χ1v) is 9.36. The highest BCUT2D eigenvalue weighted by Crippen LogP contribution is 2.11. The van der Waals surface area contributed by atoms with Gasteiger partial charge in [-0.3, -0.25) is 14.8 Å².